The van der Waals surface area contributed by atoms with Gasteiger partial charge in [-0.25, -0.2) is 0 Å². The van der Waals surface area contributed by atoms with E-state index in [1.807, 2.05) is 48.5 Å². The van der Waals surface area contributed by atoms with Crippen LogP contribution in [-0.4, -0.2) is 0 Å². The van der Waals surface area contributed by atoms with E-state index in [2.05, 4.69) is 36.5 Å². The molecule has 0 aliphatic rings. The van der Waals surface area contributed by atoms with Gasteiger partial charge in [-0.1, -0.05) is 77.8 Å². The molecular formula is C22H23Cl2NO. The Balaban J connectivity index is 0.00000243. The van der Waals surface area contributed by atoms with Crippen LogP contribution in [0.3, 0.4) is 0 Å². The van der Waals surface area contributed by atoms with Crippen molar-refractivity contribution in [2.75, 3.05) is 0 Å². The molecule has 0 saturated heterocycles. The minimum absolute atomic E-state index is 0. The van der Waals surface area contributed by atoms with Gasteiger partial charge in [-0.05, 0) is 35.7 Å². The highest BCUT2D eigenvalue weighted by Gasteiger charge is 2.04. The minimum atomic E-state index is 0. The number of benzene rings is 3. The fourth-order valence-corrected chi connectivity index (χ4v) is 2.82. The number of hydrogen-bond acceptors (Lipinski definition) is 2. The second-order valence-electron chi connectivity index (χ2n) is 6.13. The van der Waals surface area contributed by atoms with Gasteiger partial charge in [-0.2, -0.15) is 0 Å². The molecule has 0 saturated carbocycles. The fourth-order valence-electron chi connectivity index (χ4n) is 2.56. The van der Waals surface area contributed by atoms with Gasteiger partial charge >= 0.3 is 0 Å². The van der Waals surface area contributed by atoms with Crippen molar-refractivity contribution in [3.05, 3.63) is 100 Å². The van der Waals surface area contributed by atoms with Crippen molar-refractivity contribution >= 4 is 24.0 Å². The molecule has 0 fully saturated rings. The van der Waals surface area contributed by atoms with Crippen LogP contribution in [0.15, 0.2) is 72.8 Å². The zero-order chi connectivity index (χ0) is 17.5. The molecule has 136 valence electrons. The van der Waals surface area contributed by atoms with Crippen LogP contribution in [0.2, 0.25) is 5.02 Å². The van der Waals surface area contributed by atoms with Crippen LogP contribution in [0.25, 0.3) is 0 Å². The predicted octanol–water partition coefficient (Wildman–Crippen LogP) is 5.94. The predicted molar refractivity (Wildman–Crippen MR) is 111 cm³/mol. The smallest absolute Gasteiger partial charge is 0.138 e. The molecule has 0 aromatic heterocycles. The summed E-state index contributed by atoms with van der Waals surface area (Å²) in [7, 11) is 0. The molecule has 0 bridgehead atoms. The monoisotopic (exact) mass is 387 g/mol. The SMILES string of the molecule is Cc1ccc(CNCc2ccc(OCc3ccccc3)c(Cl)c2)cc1.Cl. The summed E-state index contributed by atoms with van der Waals surface area (Å²) in [6.45, 7) is 4.23. The fraction of sp³-hybridized carbons (Fsp3) is 0.182. The molecule has 0 heterocycles. The number of ether oxygens (including phenoxy) is 1. The third-order valence-electron chi connectivity index (χ3n) is 4.01. The second kappa shape index (κ2) is 10.2. The van der Waals surface area contributed by atoms with Crippen molar-refractivity contribution in [2.24, 2.45) is 0 Å². The molecule has 2 nitrogen and oxygen atoms in total. The van der Waals surface area contributed by atoms with Gasteiger partial charge in [0, 0.05) is 13.1 Å². The van der Waals surface area contributed by atoms with Crippen molar-refractivity contribution in [3.63, 3.8) is 0 Å². The molecule has 0 amide bonds. The molecule has 3 aromatic rings. The van der Waals surface area contributed by atoms with Gasteiger partial charge in [0.05, 0.1) is 5.02 Å². The van der Waals surface area contributed by atoms with Gasteiger partial charge in [-0.3, -0.25) is 0 Å². The summed E-state index contributed by atoms with van der Waals surface area (Å²) in [6, 6.07) is 24.6. The second-order valence-corrected chi connectivity index (χ2v) is 6.54. The maximum atomic E-state index is 6.36. The first-order valence-electron chi connectivity index (χ1n) is 8.42. The third kappa shape index (κ3) is 6.06. The summed E-state index contributed by atoms with van der Waals surface area (Å²) in [5.41, 5.74) is 4.83. The first kappa shape index (κ1) is 20.3. The van der Waals surface area contributed by atoms with E-state index in [4.69, 9.17) is 16.3 Å². The summed E-state index contributed by atoms with van der Waals surface area (Å²) in [6.07, 6.45) is 0. The molecule has 0 atom stereocenters. The van der Waals surface area contributed by atoms with Crippen LogP contribution in [-0.2, 0) is 19.7 Å². The molecule has 0 aliphatic heterocycles. The lowest BCUT2D eigenvalue weighted by Gasteiger charge is -2.10. The Morgan fingerprint density at radius 1 is 0.808 bits per heavy atom. The summed E-state index contributed by atoms with van der Waals surface area (Å²) in [5, 5.41) is 4.09. The Hall–Kier alpha value is -2.00. The zero-order valence-corrected chi connectivity index (χ0v) is 16.3. The Bertz CT molecular complexity index is 804. The van der Waals surface area contributed by atoms with Crippen molar-refractivity contribution in [3.8, 4) is 5.75 Å². The van der Waals surface area contributed by atoms with E-state index in [9.17, 15) is 0 Å². The quantitative estimate of drug-likeness (QED) is 0.541. The van der Waals surface area contributed by atoms with E-state index in [-0.39, 0.29) is 12.4 Å². The molecule has 26 heavy (non-hydrogen) atoms. The number of halogens is 2. The van der Waals surface area contributed by atoms with Crippen LogP contribution in [0.5, 0.6) is 5.75 Å². The zero-order valence-electron chi connectivity index (χ0n) is 14.7. The first-order chi connectivity index (χ1) is 12.2. The normalized spacial score (nSPS) is 10.2. The van der Waals surface area contributed by atoms with Crippen LogP contribution in [0.1, 0.15) is 22.3 Å². The Labute approximate surface area is 166 Å². The largest absolute Gasteiger partial charge is 0.487 e. The molecule has 0 radical (unpaired) electrons. The lowest BCUT2D eigenvalue weighted by Crippen LogP contribution is -2.12. The summed E-state index contributed by atoms with van der Waals surface area (Å²) in [5.74, 6) is 0.716. The van der Waals surface area contributed by atoms with Crippen molar-refractivity contribution in [2.45, 2.75) is 26.6 Å². The highest BCUT2D eigenvalue weighted by molar-refractivity contribution is 6.32. The van der Waals surface area contributed by atoms with Crippen molar-refractivity contribution < 1.29 is 4.74 Å². The average Bonchev–Trinajstić information content (AvgIpc) is 2.63. The highest BCUT2D eigenvalue weighted by atomic mass is 35.5. The van der Waals surface area contributed by atoms with E-state index in [0.717, 1.165) is 24.2 Å². The lowest BCUT2D eigenvalue weighted by molar-refractivity contribution is 0.306. The standard InChI is InChI=1S/C22H22ClNO.ClH/c1-17-7-9-18(10-8-17)14-24-15-20-11-12-22(21(23)13-20)25-16-19-5-3-2-4-6-19;/h2-13,24H,14-16H2,1H3;1H. The maximum Gasteiger partial charge on any atom is 0.138 e. The molecular weight excluding hydrogens is 365 g/mol. The minimum Gasteiger partial charge on any atom is -0.487 e. The topological polar surface area (TPSA) is 21.3 Å². The van der Waals surface area contributed by atoms with Gasteiger partial charge in [0.15, 0.2) is 0 Å². The molecule has 4 heteroatoms. The molecule has 3 aromatic carbocycles. The third-order valence-corrected chi connectivity index (χ3v) is 4.31. The van der Waals surface area contributed by atoms with Gasteiger partial charge in [-0.15, -0.1) is 12.4 Å². The van der Waals surface area contributed by atoms with E-state index >= 15 is 0 Å². The Morgan fingerprint density at radius 3 is 2.15 bits per heavy atom. The molecule has 1 N–H and O–H groups in total. The van der Waals surface area contributed by atoms with Crippen molar-refractivity contribution in [1.29, 1.82) is 0 Å². The van der Waals surface area contributed by atoms with Crippen LogP contribution >= 0.6 is 24.0 Å². The van der Waals surface area contributed by atoms with Crippen LogP contribution < -0.4 is 10.1 Å². The number of aryl methyl sites for hydroxylation is 1. The molecule has 0 spiro atoms. The van der Waals surface area contributed by atoms with Gasteiger partial charge in [0.2, 0.25) is 0 Å². The number of hydrogen-bond donors (Lipinski definition) is 1. The Morgan fingerprint density at radius 2 is 1.46 bits per heavy atom. The van der Waals surface area contributed by atoms with Gasteiger partial charge in [0.1, 0.15) is 12.4 Å². The number of rotatable bonds is 7. The van der Waals surface area contributed by atoms with Gasteiger partial charge in [0.25, 0.3) is 0 Å². The number of nitrogens with one attached hydrogen (secondary N) is 1. The summed E-state index contributed by atoms with van der Waals surface area (Å²) in [4.78, 5) is 0. The van der Waals surface area contributed by atoms with E-state index in [0.29, 0.717) is 17.4 Å². The molecule has 0 unspecified atom stereocenters. The van der Waals surface area contributed by atoms with E-state index in [1.165, 1.54) is 11.1 Å². The maximum absolute atomic E-state index is 6.36. The van der Waals surface area contributed by atoms with Crippen LogP contribution in [0.4, 0.5) is 0 Å². The molecule has 0 aliphatic carbocycles. The van der Waals surface area contributed by atoms with E-state index < -0.39 is 0 Å². The van der Waals surface area contributed by atoms with Gasteiger partial charge < -0.3 is 10.1 Å². The van der Waals surface area contributed by atoms with Crippen molar-refractivity contribution in [1.82, 2.24) is 5.32 Å². The summed E-state index contributed by atoms with van der Waals surface area (Å²) < 4.78 is 5.81. The lowest BCUT2D eigenvalue weighted by atomic mass is 10.1. The van der Waals surface area contributed by atoms with Crippen LogP contribution in [0, 0.1) is 6.92 Å². The first-order valence-corrected chi connectivity index (χ1v) is 8.80. The summed E-state index contributed by atoms with van der Waals surface area (Å²) >= 11 is 6.36. The highest BCUT2D eigenvalue weighted by Crippen LogP contribution is 2.26. The Kier molecular flexibility index (Phi) is 7.99. The van der Waals surface area contributed by atoms with E-state index in [1.54, 1.807) is 0 Å². The average molecular weight is 388 g/mol. The molecule has 3 rings (SSSR count).